The highest BCUT2D eigenvalue weighted by Gasteiger charge is 2.44. The first-order valence-corrected chi connectivity index (χ1v) is 6.58. The van der Waals surface area contributed by atoms with E-state index in [4.69, 9.17) is 14.2 Å². The fourth-order valence-corrected chi connectivity index (χ4v) is 2.68. The number of hydrogen-bond donors (Lipinski definition) is 1. The maximum atomic E-state index is 11.7. The molecular weight excluding hydrogens is 248 g/mol. The molecular formula is C14H20O5. The number of rotatable bonds is 5. The summed E-state index contributed by atoms with van der Waals surface area (Å²) >= 11 is 0. The van der Waals surface area contributed by atoms with Crippen LogP contribution in [0.3, 0.4) is 0 Å². The SMILES string of the molecule is CCCOC1OC=C(C(=O)OC)[C@H]2CC=C(CO)[C@@H]12. The van der Waals surface area contributed by atoms with E-state index in [1.165, 1.54) is 13.4 Å². The van der Waals surface area contributed by atoms with E-state index in [9.17, 15) is 9.90 Å². The number of aliphatic hydroxyl groups is 1. The van der Waals surface area contributed by atoms with Gasteiger partial charge in [-0.05, 0) is 18.4 Å². The first-order valence-electron chi connectivity index (χ1n) is 6.58. The Hall–Kier alpha value is -1.33. The van der Waals surface area contributed by atoms with Crippen LogP contribution < -0.4 is 0 Å². The molecule has 0 radical (unpaired) electrons. The largest absolute Gasteiger partial charge is 0.471 e. The smallest absolute Gasteiger partial charge is 0.337 e. The van der Waals surface area contributed by atoms with Crippen molar-refractivity contribution in [2.45, 2.75) is 26.1 Å². The molecule has 5 nitrogen and oxygen atoms in total. The predicted molar refractivity (Wildman–Crippen MR) is 68.0 cm³/mol. The number of carbonyl (C=O) groups is 1. The molecule has 0 aromatic rings. The fraction of sp³-hybridized carbons (Fsp3) is 0.643. The lowest BCUT2D eigenvalue weighted by Crippen LogP contribution is -2.37. The van der Waals surface area contributed by atoms with E-state index < -0.39 is 6.29 Å². The van der Waals surface area contributed by atoms with Gasteiger partial charge < -0.3 is 19.3 Å². The van der Waals surface area contributed by atoms with Gasteiger partial charge in [0.05, 0.1) is 38.1 Å². The van der Waals surface area contributed by atoms with Gasteiger partial charge >= 0.3 is 5.97 Å². The van der Waals surface area contributed by atoms with Crippen LogP contribution in [-0.2, 0) is 19.0 Å². The zero-order valence-electron chi connectivity index (χ0n) is 11.3. The van der Waals surface area contributed by atoms with Gasteiger partial charge in [0.15, 0.2) is 0 Å². The quantitative estimate of drug-likeness (QED) is 0.603. The van der Waals surface area contributed by atoms with Crippen LogP contribution in [0, 0.1) is 11.8 Å². The summed E-state index contributed by atoms with van der Waals surface area (Å²) in [6.07, 6.45) is 4.57. The number of methoxy groups -OCH3 is 1. The highest BCUT2D eigenvalue weighted by atomic mass is 16.7. The number of aliphatic hydroxyl groups excluding tert-OH is 1. The van der Waals surface area contributed by atoms with Gasteiger partial charge in [0.1, 0.15) is 0 Å². The molecule has 0 bridgehead atoms. The second-order valence-electron chi connectivity index (χ2n) is 4.75. The lowest BCUT2D eigenvalue weighted by atomic mass is 9.83. The number of hydrogen-bond acceptors (Lipinski definition) is 5. The molecule has 1 aliphatic heterocycles. The summed E-state index contributed by atoms with van der Waals surface area (Å²) in [5.41, 5.74) is 1.39. The van der Waals surface area contributed by atoms with Crippen molar-refractivity contribution in [2.24, 2.45) is 11.8 Å². The van der Waals surface area contributed by atoms with Gasteiger partial charge in [0.2, 0.25) is 6.29 Å². The van der Waals surface area contributed by atoms with Crippen molar-refractivity contribution >= 4 is 5.97 Å². The molecule has 0 saturated carbocycles. The summed E-state index contributed by atoms with van der Waals surface area (Å²) in [5.74, 6) is -0.502. The van der Waals surface area contributed by atoms with E-state index in [0.29, 0.717) is 18.6 Å². The molecule has 2 aliphatic rings. The monoisotopic (exact) mass is 268 g/mol. The molecule has 5 heteroatoms. The van der Waals surface area contributed by atoms with Crippen LogP contribution in [0.5, 0.6) is 0 Å². The van der Waals surface area contributed by atoms with E-state index in [2.05, 4.69) is 0 Å². The molecule has 0 aromatic heterocycles. The Bertz CT molecular complexity index is 399. The molecule has 0 saturated heterocycles. The molecule has 106 valence electrons. The molecule has 2 rings (SSSR count). The van der Waals surface area contributed by atoms with Crippen LogP contribution in [0.15, 0.2) is 23.5 Å². The highest BCUT2D eigenvalue weighted by molar-refractivity contribution is 5.89. The van der Waals surface area contributed by atoms with Gasteiger partial charge in [-0.25, -0.2) is 4.79 Å². The Kier molecular flexibility index (Phi) is 4.61. The van der Waals surface area contributed by atoms with Gasteiger partial charge in [-0.3, -0.25) is 0 Å². The maximum absolute atomic E-state index is 11.7. The third-order valence-electron chi connectivity index (χ3n) is 3.61. The molecule has 1 unspecified atom stereocenters. The number of fused-ring (bicyclic) bond motifs is 1. The molecule has 19 heavy (non-hydrogen) atoms. The van der Waals surface area contributed by atoms with Crippen LogP contribution in [0.4, 0.5) is 0 Å². The van der Waals surface area contributed by atoms with Crippen LogP contribution in [0.2, 0.25) is 0 Å². The van der Waals surface area contributed by atoms with Gasteiger partial charge in [-0.1, -0.05) is 13.0 Å². The third kappa shape index (κ3) is 2.67. The number of ether oxygens (including phenoxy) is 3. The summed E-state index contributed by atoms with van der Waals surface area (Å²) in [7, 11) is 1.35. The number of allylic oxidation sites excluding steroid dienone is 1. The molecule has 1 heterocycles. The lowest BCUT2D eigenvalue weighted by Gasteiger charge is -2.34. The average molecular weight is 268 g/mol. The summed E-state index contributed by atoms with van der Waals surface area (Å²) in [6.45, 7) is 2.58. The van der Waals surface area contributed by atoms with Crippen molar-refractivity contribution in [2.75, 3.05) is 20.3 Å². The number of carbonyl (C=O) groups excluding carboxylic acids is 1. The maximum Gasteiger partial charge on any atom is 0.337 e. The van der Waals surface area contributed by atoms with Gasteiger partial charge in [-0.2, -0.15) is 0 Å². The lowest BCUT2D eigenvalue weighted by molar-refractivity contribution is -0.156. The molecule has 1 aliphatic carbocycles. The Labute approximate surface area is 112 Å². The van der Waals surface area contributed by atoms with Gasteiger partial charge in [-0.15, -0.1) is 0 Å². The summed E-state index contributed by atoms with van der Waals surface area (Å²) < 4.78 is 16.0. The van der Waals surface area contributed by atoms with E-state index in [-0.39, 0.29) is 24.4 Å². The predicted octanol–water partition coefficient (Wildman–Crippen LogP) is 1.38. The minimum atomic E-state index is -0.431. The van der Waals surface area contributed by atoms with Gasteiger partial charge in [0.25, 0.3) is 0 Å². The number of esters is 1. The van der Waals surface area contributed by atoms with Crippen molar-refractivity contribution in [3.8, 4) is 0 Å². The average Bonchev–Trinajstić information content (AvgIpc) is 2.88. The van der Waals surface area contributed by atoms with Crippen molar-refractivity contribution in [3.05, 3.63) is 23.5 Å². The molecule has 0 amide bonds. The third-order valence-corrected chi connectivity index (χ3v) is 3.61. The van der Waals surface area contributed by atoms with E-state index in [1.807, 2.05) is 13.0 Å². The zero-order valence-corrected chi connectivity index (χ0v) is 11.3. The molecule has 3 atom stereocenters. The minimum Gasteiger partial charge on any atom is -0.471 e. The van der Waals surface area contributed by atoms with Crippen molar-refractivity contribution in [3.63, 3.8) is 0 Å². The summed E-state index contributed by atoms with van der Waals surface area (Å²) in [6, 6.07) is 0. The topological polar surface area (TPSA) is 65.0 Å². The Balaban J connectivity index is 2.20. The van der Waals surface area contributed by atoms with E-state index in [0.717, 1.165) is 12.0 Å². The van der Waals surface area contributed by atoms with Crippen LogP contribution in [0.25, 0.3) is 0 Å². The Morgan fingerprint density at radius 2 is 2.37 bits per heavy atom. The molecule has 0 aromatic carbocycles. The normalized spacial score (nSPS) is 29.1. The first-order chi connectivity index (χ1) is 9.22. The molecule has 1 N–H and O–H groups in total. The second-order valence-corrected chi connectivity index (χ2v) is 4.75. The van der Waals surface area contributed by atoms with E-state index in [1.54, 1.807) is 0 Å². The van der Waals surface area contributed by atoms with Gasteiger partial charge in [0, 0.05) is 5.92 Å². The Morgan fingerprint density at radius 1 is 1.58 bits per heavy atom. The highest BCUT2D eigenvalue weighted by Crippen LogP contribution is 2.43. The van der Waals surface area contributed by atoms with Crippen molar-refractivity contribution < 1.29 is 24.1 Å². The summed E-state index contributed by atoms with van der Waals surface area (Å²) in [4.78, 5) is 11.7. The van der Waals surface area contributed by atoms with Crippen LogP contribution in [0.1, 0.15) is 19.8 Å². The van der Waals surface area contributed by atoms with Crippen LogP contribution >= 0.6 is 0 Å². The van der Waals surface area contributed by atoms with E-state index >= 15 is 0 Å². The minimum absolute atomic E-state index is 0.0230. The molecule has 0 fully saturated rings. The Morgan fingerprint density at radius 3 is 3.00 bits per heavy atom. The first kappa shape index (κ1) is 14.1. The molecule has 0 spiro atoms. The standard InChI is InChI=1S/C14H20O5/c1-3-6-18-14-12-9(7-15)4-5-10(12)11(8-19-14)13(16)17-2/h4,8,10,12,14-15H,3,5-7H2,1-2H3/t10-,12-,14?/m1/s1. The summed E-state index contributed by atoms with van der Waals surface area (Å²) in [5, 5.41) is 9.42. The van der Waals surface area contributed by atoms with Crippen molar-refractivity contribution in [1.82, 2.24) is 0 Å². The second kappa shape index (κ2) is 6.21. The van der Waals surface area contributed by atoms with Crippen LogP contribution in [-0.4, -0.2) is 37.7 Å². The fourth-order valence-electron chi connectivity index (χ4n) is 2.68. The zero-order chi connectivity index (χ0) is 13.8. The van der Waals surface area contributed by atoms with Crippen molar-refractivity contribution in [1.29, 1.82) is 0 Å².